The molecule has 1 aliphatic rings. The molecule has 3 rings (SSSR count). The molecule has 0 aliphatic carbocycles. The maximum absolute atomic E-state index is 12.9. The van der Waals surface area contributed by atoms with Gasteiger partial charge in [-0.05, 0) is 37.1 Å². The number of amides is 1. The third-order valence-electron chi connectivity index (χ3n) is 5.02. The molecule has 0 atom stereocenters. The first-order valence-corrected chi connectivity index (χ1v) is 11.0. The highest BCUT2D eigenvalue weighted by molar-refractivity contribution is 7.90. The molecule has 0 N–H and O–H groups in total. The van der Waals surface area contributed by atoms with Crippen LogP contribution >= 0.6 is 0 Å². The number of aryl methyl sites for hydroxylation is 2. The van der Waals surface area contributed by atoms with Crippen molar-refractivity contribution < 1.29 is 13.2 Å². The van der Waals surface area contributed by atoms with Crippen molar-refractivity contribution in [2.24, 2.45) is 0 Å². The summed E-state index contributed by atoms with van der Waals surface area (Å²) in [4.78, 5) is 17.3. The summed E-state index contributed by atoms with van der Waals surface area (Å²) < 4.78 is 23.6. The fourth-order valence-electron chi connectivity index (χ4n) is 3.41. The van der Waals surface area contributed by atoms with Crippen molar-refractivity contribution in [2.45, 2.75) is 25.3 Å². The minimum Gasteiger partial charge on any atom is -0.336 e. The van der Waals surface area contributed by atoms with E-state index in [-0.39, 0.29) is 10.8 Å². The van der Waals surface area contributed by atoms with Crippen LogP contribution in [0.5, 0.6) is 0 Å². The van der Waals surface area contributed by atoms with Crippen LogP contribution in [0.25, 0.3) is 0 Å². The molecule has 0 saturated carbocycles. The Hall–Kier alpha value is -2.18. The maximum Gasteiger partial charge on any atom is 0.254 e. The van der Waals surface area contributed by atoms with Gasteiger partial charge in [0, 0.05) is 44.5 Å². The molecule has 0 unspecified atom stereocenters. The van der Waals surface area contributed by atoms with E-state index in [0.717, 1.165) is 31.5 Å². The Morgan fingerprint density at radius 2 is 1.70 bits per heavy atom. The van der Waals surface area contributed by atoms with Crippen molar-refractivity contribution in [3.05, 3.63) is 64.7 Å². The van der Waals surface area contributed by atoms with Crippen LogP contribution in [-0.2, 0) is 16.4 Å². The first-order valence-electron chi connectivity index (χ1n) is 9.12. The fourth-order valence-corrected chi connectivity index (χ4v) is 4.06. The number of hydrogen-bond donors (Lipinski definition) is 0. The molecule has 6 heteroatoms. The van der Waals surface area contributed by atoms with Gasteiger partial charge < -0.3 is 4.90 Å². The van der Waals surface area contributed by atoms with Crippen LogP contribution in [0.4, 0.5) is 0 Å². The smallest absolute Gasteiger partial charge is 0.254 e. The highest BCUT2D eigenvalue weighted by Gasteiger charge is 2.24. The first-order chi connectivity index (χ1) is 12.7. The molecule has 0 spiro atoms. The van der Waals surface area contributed by atoms with Gasteiger partial charge in [-0.25, -0.2) is 8.42 Å². The molecule has 1 saturated heterocycles. The molecular weight excluding hydrogens is 360 g/mol. The van der Waals surface area contributed by atoms with Crippen molar-refractivity contribution in [2.75, 3.05) is 32.4 Å². The molecule has 5 nitrogen and oxygen atoms in total. The lowest BCUT2D eigenvalue weighted by molar-refractivity contribution is 0.0627. The summed E-state index contributed by atoms with van der Waals surface area (Å²) in [5.74, 6) is -0.0896. The summed E-state index contributed by atoms with van der Waals surface area (Å²) in [7, 11) is -3.33. The molecule has 144 valence electrons. The van der Waals surface area contributed by atoms with E-state index < -0.39 is 9.84 Å². The Kier molecular flexibility index (Phi) is 5.67. The predicted molar refractivity (Wildman–Crippen MR) is 107 cm³/mol. The largest absolute Gasteiger partial charge is 0.336 e. The van der Waals surface area contributed by atoms with Crippen LogP contribution in [0.2, 0.25) is 0 Å². The Balaban J connectivity index is 1.67. The van der Waals surface area contributed by atoms with Gasteiger partial charge in [0.2, 0.25) is 0 Å². The van der Waals surface area contributed by atoms with Gasteiger partial charge in [-0.2, -0.15) is 0 Å². The number of carbonyl (C=O) groups excluding carboxylic acids is 1. The topological polar surface area (TPSA) is 57.7 Å². The molecule has 0 bridgehead atoms. The Bertz CT molecular complexity index is 946. The molecule has 1 amide bonds. The summed E-state index contributed by atoms with van der Waals surface area (Å²) in [6.45, 7) is 7.72. The van der Waals surface area contributed by atoms with Crippen molar-refractivity contribution in [1.29, 1.82) is 0 Å². The quantitative estimate of drug-likeness (QED) is 0.811. The summed E-state index contributed by atoms with van der Waals surface area (Å²) in [6.07, 6.45) is 1.16. The molecule has 1 heterocycles. The minimum atomic E-state index is -3.33. The number of piperazine rings is 1. The van der Waals surface area contributed by atoms with E-state index in [4.69, 9.17) is 0 Å². The molecule has 1 fully saturated rings. The van der Waals surface area contributed by atoms with E-state index in [1.54, 1.807) is 12.1 Å². The second kappa shape index (κ2) is 7.82. The van der Waals surface area contributed by atoms with Crippen LogP contribution in [0, 0.1) is 13.8 Å². The van der Waals surface area contributed by atoms with Gasteiger partial charge in [0.05, 0.1) is 4.90 Å². The Labute approximate surface area is 161 Å². The molecule has 27 heavy (non-hydrogen) atoms. The summed E-state index contributed by atoms with van der Waals surface area (Å²) in [5.41, 5.74) is 3.81. The van der Waals surface area contributed by atoms with Gasteiger partial charge in [0.15, 0.2) is 9.84 Å². The number of benzene rings is 2. The highest BCUT2D eigenvalue weighted by Crippen LogP contribution is 2.19. The van der Waals surface area contributed by atoms with E-state index in [0.29, 0.717) is 18.7 Å². The van der Waals surface area contributed by atoms with E-state index in [1.807, 2.05) is 11.8 Å². The molecule has 2 aromatic carbocycles. The average molecular weight is 387 g/mol. The number of rotatable bonds is 4. The van der Waals surface area contributed by atoms with Crippen molar-refractivity contribution in [3.63, 3.8) is 0 Å². The average Bonchev–Trinajstić information content (AvgIpc) is 2.61. The lowest BCUT2D eigenvalue weighted by atomic mass is 10.1. The van der Waals surface area contributed by atoms with Gasteiger partial charge in [-0.3, -0.25) is 9.69 Å². The maximum atomic E-state index is 12.9. The van der Waals surface area contributed by atoms with Crippen LogP contribution in [0.15, 0.2) is 47.4 Å². The molecule has 0 aromatic heterocycles. The number of carbonyl (C=O) groups is 1. The summed E-state index contributed by atoms with van der Waals surface area (Å²) >= 11 is 0. The Morgan fingerprint density at radius 3 is 2.33 bits per heavy atom. The summed E-state index contributed by atoms with van der Waals surface area (Å²) in [5, 5.41) is 0. The number of hydrogen-bond acceptors (Lipinski definition) is 4. The monoisotopic (exact) mass is 386 g/mol. The second-order valence-corrected chi connectivity index (χ2v) is 9.32. The van der Waals surface area contributed by atoms with Gasteiger partial charge in [-0.1, -0.05) is 35.9 Å². The Morgan fingerprint density at radius 1 is 1.00 bits per heavy atom. The third-order valence-corrected chi connectivity index (χ3v) is 6.13. The zero-order valence-electron chi connectivity index (χ0n) is 16.1. The lowest BCUT2D eigenvalue weighted by Gasteiger charge is -2.35. The zero-order chi connectivity index (χ0) is 19.6. The number of sulfone groups is 1. The van der Waals surface area contributed by atoms with Gasteiger partial charge in [0.25, 0.3) is 5.91 Å². The van der Waals surface area contributed by atoms with Crippen molar-refractivity contribution in [1.82, 2.24) is 9.80 Å². The number of nitrogens with zero attached hydrogens (tertiary/aromatic N) is 2. The molecule has 2 aromatic rings. The highest BCUT2D eigenvalue weighted by atomic mass is 32.2. The van der Waals surface area contributed by atoms with Crippen LogP contribution < -0.4 is 0 Å². The minimum absolute atomic E-state index is 0.0896. The van der Waals surface area contributed by atoms with Crippen LogP contribution in [0.3, 0.4) is 0 Å². The summed E-state index contributed by atoms with van der Waals surface area (Å²) in [6, 6.07) is 13.3. The van der Waals surface area contributed by atoms with E-state index >= 15 is 0 Å². The predicted octanol–water partition coefficient (Wildman–Crippen LogP) is 2.66. The van der Waals surface area contributed by atoms with Crippen molar-refractivity contribution >= 4 is 15.7 Å². The van der Waals surface area contributed by atoms with Crippen molar-refractivity contribution in [3.8, 4) is 0 Å². The normalized spacial score (nSPS) is 15.7. The zero-order valence-corrected chi connectivity index (χ0v) is 16.9. The van der Waals surface area contributed by atoms with Gasteiger partial charge in [-0.15, -0.1) is 0 Å². The molecule has 0 radical (unpaired) electrons. The van der Waals surface area contributed by atoms with E-state index in [1.165, 1.54) is 17.2 Å². The fraction of sp³-hybridized carbons (Fsp3) is 0.381. The standard InChI is InChI=1S/C21H26N2O3S/c1-16-5-4-6-18(13-16)15-22-9-11-23(12-10-22)21(24)20-14-19(27(3,25)26)8-7-17(20)2/h4-8,13-14H,9-12,15H2,1-3H3. The first kappa shape index (κ1) is 19.6. The SMILES string of the molecule is Cc1cccc(CN2CCN(C(=O)c3cc(S(C)(=O)=O)ccc3C)CC2)c1. The molecule has 1 aliphatic heterocycles. The van der Waals surface area contributed by atoms with E-state index in [2.05, 4.69) is 36.1 Å². The van der Waals surface area contributed by atoms with Crippen LogP contribution in [-0.4, -0.2) is 56.6 Å². The van der Waals surface area contributed by atoms with Gasteiger partial charge in [0.1, 0.15) is 0 Å². The van der Waals surface area contributed by atoms with Gasteiger partial charge >= 0.3 is 0 Å². The molecular formula is C21H26N2O3S. The second-order valence-electron chi connectivity index (χ2n) is 7.31. The lowest BCUT2D eigenvalue weighted by Crippen LogP contribution is -2.48. The van der Waals surface area contributed by atoms with Crippen LogP contribution in [0.1, 0.15) is 27.0 Å². The third kappa shape index (κ3) is 4.76. The van der Waals surface area contributed by atoms with E-state index in [9.17, 15) is 13.2 Å².